The van der Waals surface area contributed by atoms with Crippen LogP contribution in [0.5, 0.6) is 0 Å². The summed E-state index contributed by atoms with van der Waals surface area (Å²) in [5.41, 5.74) is 1.09. The fourth-order valence-electron chi connectivity index (χ4n) is 2.31. The predicted molar refractivity (Wildman–Crippen MR) is 88.8 cm³/mol. The van der Waals surface area contributed by atoms with E-state index < -0.39 is 16.6 Å². The Kier molecular flexibility index (Phi) is 4.16. The summed E-state index contributed by atoms with van der Waals surface area (Å²) in [6.45, 7) is 1.74. The lowest BCUT2D eigenvalue weighted by molar-refractivity contribution is -0.384. The second-order valence-corrected chi connectivity index (χ2v) is 5.85. The molecule has 6 nitrogen and oxygen atoms in total. The van der Waals surface area contributed by atoms with Crippen molar-refractivity contribution in [2.24, 2.45) is 0 Å². The van der Waals surface area contributed by atoms with Gasteiger partial charge >= 0.3 is 0 Å². The number of aryl methyl sites for hydroxylation is 1. The summed E-state index contributed by atoms with van der Waals surface area (Å²) in [6, 6.07) is 8.89. The number of amides is 1. The predicted octanol–water partition coefficient (Wildman–Crippen LogP) is 3.87. The van der Waals surface area contributed by atoms with Crippen molar-refractivity contribution in [3.05, 3.63) is 63.5 Å². The molecule has 2 aromatic carbocycles. The van der Waals surface area contributed by atoms with Gasteiger partial charge in [-0.15, -0.1) is 0 Å². The second-order valence-electron chi connectivity index (χ2n) is 5.85. The van der Waals surface area contributed by atoms with Crippen LogP contribution in [0.15, 0.2) is 36.4 Å². The van der Waals surface area contributed by atoms with E-state index in [0.717, 1.165) is 18.4 Å². The first kappa shape index (κ1) is 15.9. The van der Waals surface area contributed by atoms with Crippen molar-refractivity contribution in [1.82, 2.24) is 0 Å². The van der Waals surface area contributed by atoms with Crippen LogP contribution in [0.25, 0.3) is 0 Å². The minimum absolute atomic E-state index is 0.0356. The zero-order valence-electron chi connectivity index (χ0n) is 13.0. The van der Waals surface area contributed by atoms with Gasteiger partial charge in [0.05, 0.1) is 10.6 Å². The Morgan fingerprint density at radius 2 is 1.92 bits per heavy atom. The Morgan fingerprint density at radius 3 is 2.54 bits per heavy atom. The highest BCUT2D eigenvalue weighted by molar-refractivity contribution is 6.05. The van der Waals surface area contributed by atoms with Crippen molar-refractivity contribution in [2.45, 2.75) is 25.8 Å². The van der Waals surface area contributed by atoms with Crippen LogP contribution in [-0.4, -0.2) is 16.9 Å². The molecule has 0 unspecified atom stereocenters. The number of hydrogen-bond donors (Lipinski definition) is 2. The number of nitro benzene ring substituents is 1. The zero-order valence-corrected chi connectivity index (χ0v) is 13.0. The summed E-state index contributed by atoms with van der Waals surface area (Å²) >= 11 is 0. The summed E-state index contributed by atoms with van der Waals surface area (Å²) in [7, 11) is 0. The molecule has 7 heteroatoms. The Balaban J connectivity index is 1.83. The average molecular weight is 329 g/mol. The number of hydrogen-bond acceptors (Lipinski definition) is 4. The van der Waals surface area contributed by atoms with Gasteiger partial charge in [0.15, 0.2) is 0 Å². The van der Waals surface area contributed by atoms with Crippen LogP contribution < -0.4 is 10.6 Å². The van der Waals surface area contributed by atoms with Gasteiger partial charge in [-0.05, 0) is 49.6 Å². The molecule has 0 bridgehead atoms. The lowest BCUT2D eigenvalue weighted by atomic mass is 10.1. The molecule has 1 amide bonds. The largest absolute Gasteiger partial charge is 0.377 e. The van der Waals surface area contributed by atoms with E-state index >= 15 is 0 Å². The van der Waals surface area contributed by atoms with Crippen LogP contribution in [0.1, 0.15) is 28.8 Å². The molecule has 0 saturated heterocycles. The van der Waals surface area contributed by atoms with E-state index in [1.807, 2.05) is 0 Å². The number of rotatable bonds is 5. The van der Waals surface area contributed by atoms with E-state index in [9.17, 15) is 19.3 Å². The van der Waals surface area contributed by atoms with Gasteiger partial charge in [0.25, 0.3) is 11.6 Å². The number of nitro groups is 1. The normalized spacial score (nSPS) is 13.4. The monoisotopic (exact) mass is 329 g/mol. The highest BCUT2D eigenvalue weighted by Gasteiger charge is 2.25. The maximum Gasteiger partial charge on any atom is 0.293 e. The topological polar surface area (TPSA) is 84.3 Å². The quantitative estimate of drug-likeness (QED) is 0.644. The lowest BCUT2D eigenvalue weighted by Crippen LogP contribution is -2.14. The summed E-state index contributed by atoms with van der Waals surface area (Å²) in [4.78, 5) is 22.9. The van der Waals surface area contributed by atoms with E-state index in [2.05, 4.69) is 10.6 Å². The minimum atomic E-state index is -0.598. The third-order valence-electron chi connectivity index (χ3n) is 3.77. The molecule has 0 radical (unpaired) electrons. The Hall–Kier alpha value is -2.96. The first-order valence-electron chi connectivity index (χ1n) is 7.56. The molecule has 0 atom stereocenters. The number of nitrogens with one attached hydrogen (secondary N) is 2. The van der Waals surface area contributed by atoms with E-state index in [1.165, 1.54) is 30.3 Å². The van der Waals surface area contributed by atoms with Gasteiger partial charge in [-0.25, -0.2) is 4.39 Å². The molecule has 3 rings (SSSR count). The first-order valence-corrected chi connectivity index (χ1v) is 7.56. The molecule has 2 aromatic rings. The van der Waals surface area contributed by atoms with Gasteiger partial charge < -0.3 is 10.6 Å². The second kappa shape index (κ2) is 6.27. The standard InChI is InChI=1S/C17H16FN3O3/c1-10-2-6-14(13(18)8-10)20-17(22)11-3-7-15(19-12-4-5-12)16(9-11)21(23)24/h2-3,6-9,12,19H,4-5H2,1H3,(H,20,22). The molecule has 124 valence electrons. The van der Waals surface area contributed by atoms with Crippen molar-refractivity contribution < 1.29 is 14.1 Å². The van der Waals surface area contributed by atoms with E-state index in [0.29, 0.717) is 5.69 Å². The fraction of sp³-hybridized carbons (Fsp3) is 0.235. The third kappa shape index (κ3) is 3.51. The van der Waals surface area contributed by atoms with Crippen molar-refractivity contribution in [3.63, 3.8) is 0 Å². The number of carbonyl (C=O) groups is 1. The molecule has 24 heavy (non-hydrogen) atoms. The van der Waals surface area contributed by atoms with Crippen molar-refractivity contribution in [1.29, 1.82) is 0 Å². The molecule has 0 aromatic heterocycles. The zero-order chi connectivity index (χ0) is 17.3. The lowest BCUT2D eigenvalue weighted by Gasteiger charge is -2.09. The van der Waals surface area contributed by atoms with Crippen LogP contribution in [-0.2, 0) is 0 Å². The summed E-state index contributed by atoms with van der Waals surface area (Å²) in [5, 5.41) is 16.7. The highest BCUT2D eigenvalue weighted by Crippen LogP contribution is 2.31. The van der Waals surface area contributed by atoms with Gasteiger partial charge in [0.2, 0.25) is 0 Å². The molecule has 2 N–H and O–H groups in total. The number of carbonyl (C=O) groups excluding carboxylic acids is 1. The highest BCUT2D eigenvalue weighted by atomic mass is 19.1. The molecule has 1 saturated carbocycles. The number of benzene rings is 2. The summed E-state index contributed by atoms with van der Waals surface area (Å²) in [6.07, 6.45) is 1.96. The minimum Gasteiger partial charge on any atom is -0.377 e. The van der Waals surface area contributed by atoms with Crippen LogP contribution in [0, 0.1) is 22.9 Å². The number of nitrogens with zero attached hydrogens (tertiary/aromatic N) is 1. The maximum atomic E-state index is 13.8. The Labute approximate surface area is 137 Å². The first-order chi connectivity index (χ1) is 11.4. The van der Waals surface area contributed by atoms with Gasteiger partial charge in [-0.1, -0.05) is 6.07 Å². The maximum absolute atomic E-state index is 13.8. The number of halogens is 1. The van der Waals surface area contributed by atoms with Crippen molar-refractivity contribution in [3.8, 4) is 0 Å². The van der Waals surface area contributed by atoms with E-state index in [4.69, 9.17) is 0 Å². The third-order valence-corrected chi connectivity index (χ3v) is 3.77. The summed E-state index contributed by atoms with van der Waals surface area (Å²) < 4.78 is 13.8. The molecular formula is C17H16FN3O3. The number of anilines is 2. The van der Waals surface area contributed by atoms with Gasteiger partial charge in [-0.3, -0.25) is 14.9 Å². The summed E-state index contributed by atoms with van der Waals surface area (Å²) in [5.74, 6) is -1.15. The van der Waals surface area contributed by atoms with Crippen LogP contribution in [0.2, 0.25) is 0 Å². The molecule has 0 aliphatic heterocycles. The van der Waals surface area contributed by atoms with Crippen LogP contribution in [0.4, 0.5) is 21.5 Å². The van der Waals surface area contributed by atoms with Crippen LogP contribution >= 0.6 is 0 Å². The van der Waals surface area contributed by atoms with Gasteiger partial charge in [0, 0.05) is 17.7 Å². The molecule has 1 aliphatic carbocycles. The Morgan fingerprint density at radius 1 is 1.21 bits per heavy atom. The molecule has 1 fully saturated rings. The molecule has 1 aliphatic rings. The van der Waals surface area contributed by atoms with Crippen LogP contribution in [0.3, 0.4) is 0 Å². The van der Waals surface area contributed by atoms with Gasteiger partial charge in [-0.2, -0.15) is 0 Å². The van der Waals surface area contributed by atoms with Crippen molar-refractivity contribution in [2.75, 3.05) is 10.6 Å². The smallest absolute Gasteiger partial charge is 0.293 e. The van der Waals surface area contributed by atoms with E-state index in [1.54, 1.807) is 13.0 Å². The van der Waals surface area contributed by atoms with Crippen molar-refractivity contribution >= 4 is 23.0 Å². The van der Waals surface area contributed by atoms with Gasteiger partial charge in [0.1, 0.15) is 11.5 Å². The fourth-order valence-corrected chi connectivity index (χ4v) is 2.31. The average Bonchev–Trinajstić information content (AvgIpc) is 3.34. The molecular weight excluding hydrogens is 313 g/mol. The SMILES string of the molecule is Cc1ccc(NC(=O)c2ccc(NC3CC3)c([N+](=O)[O-])c2)c(F)c1. The molecule has 0 heterocycles. The van der Waals surface area contributed by atoms with E-state index in [-0.39, 0.29) is 23.0 Å². The molecule has 0 spiro atoms. The Bertz CT molecular complexity index is 819.